The van der Waals surface area contributed by atoms with Gasteiger partial charge in [-0.1, -0.05) is 17.4 Å². The zero-order chi connectivity index (χ0) is 13.8. The Morgan fingerprint density at radius 2 is 2.15 bits per heavy atom. The molecule has 0 spiro atoms. The van der Waals surface area contributed by atoms with Crippen LogP contribution in [-0.2, 0) is 6.54 Å². The van der Waals surface area contributed by atoms with Crippen LogP contribution in [0.1, 0.15) is 5.56 Å². The van der Waals surface area contributed by atoms with Crippen LogP contribution in [0, 0.1) is 0 Å². The van der Waals surface area contributed by atoms with Crippen LogP contribution in [-0.4, -0.2) is 29.4 Å². The molecule has 2 N–H and O–H groups in total. The molecule has 0 atom stereocenters. The SMILES string of the molecule is O=C(NCc1ccc2c(c1)OCCO2)Nc1nncs1. The molecule has 0 radical (unpaired) electrons. The minimum atomic E-state index is -0.323. The van der Waals surface area contributed by atoms with Crippen molar-refractivity contribution in [3.05, 3.63) is 29.3 Å². The van der Waals surface area contributed by atoms with E-state index in [0.29, 0.717) is 30.6 Å². The van der Waals surface area contributed by atoms with Gasteiger partial charge in [0.05, 0.1) is 0 Å². The monoisotopic (exact) mass is 292 g/mol. The van der Waals surface area contributed by atoms with E-state index in [4.69, 9.17) is 9.47 Å². The average Bonchev–Trinajstić information content (AvgIpc) is 2.98. The highest BCUT2D eigenvalue weighted by Gasteiger charge is 2.12. The molecule has 104 valence electrons. The number of carbonyl (C=O) groups is 1. The van der Waals surface area contributed by atoms with Gasteiger partial charge in [-0.3, -0.25) is 5.32 Å². The van der Waals surface area contributed by atoms with Crippen molar-refractivity contribution in [1.29, 1.82) is 0 Å². The molecule has 2 heterocycles. The molecule has 2 amide bonds. The van der Waals surface area contributed by atoms with Gasteiger partial charge < -0.3 is 14.8 Å². The first-order valence-electron chi connectivity index (χ1n) is 6.01. The minimum absolute atomic E-state index is 0.323. The van der Waals surface area contributed by atoms with Crippen LogP contribution in [0.3, 0.4) is 0 Å². The Bertz CT molecular complexity index is 603. The quantitative estimate of drug-likeness (QED) is 0.898. The second-order valence-corrected chi connectivity index (χ2v) is 4.86. The lowest BCUT2D eigenvalue weighted by Crippen LogP contribution is -2.28. The number of benzene rings is 1. The topological polar surface area (TPSA) is 85.4 Å². The van der Waals surface area contributed by atoms with Crippen molar-refractivity contribution < 1.29 is 14.3 Å². The van der Waals surface area contributed by atoms with Crippen LogP contribution >= 0.6 is 11.3 Å². The molecule has 2 aromatic rings. The summed E-state index contributed by atoms with van der Waals surface area (Å²) >= 11 is 1.26. The van der Waals surface area contributed by atoms with Crippen molar-refractivity contribution in [1.82, 2.24) is 15.5 Å². The molecule has 0 aliphatic carbocycles. The summed E-state index contributed by atoms with van der Waals surface area (Å²) in [4.78, 5) is 11.6. The molecule has 0 bridgehead atoms. The molecular weight excluding hydrogens is 280 g/mol. The van der Waals surface area contributed by atoms with Crippen molar-refractivity contribution in [3.8, 4) is 11.5 Å². The molecule has 3 rings (SSSR count). The number of urea groups is 1. The summed E-state index contributed by atoms with van der Waals surface area (Å²) < 4.78 is 10.9. The fourth-order valence-electron chi connectivity index (χ4n) is 1.75. The number of rotatable bonds is 3. The van der Waals surface area contributed by atoms with Gasteiger partial charge in [0, 0.05) is 6.54 Å². The highest BCUT2D eigenvalue weighted by molar-refractivity contribution is 7.13. The van der Waals surface area contributed by atoms with E-state index < -0.39 is 0 Å². The Labute approximate surface area is 118 Å². The minimum Gasteiger partial charge on any atom is -0.486 e. The molecule has 7 nitrogen and oxygen atoms in total. The molecule has 0 saturated heterocycles. The number of anilines is 1. The maximum Gasteiger partial charge on any atom is 0.321 e. The van der Waals surface area contributed by atoms with E-state index in [1.807, 2.05) is 18.2 Å². The van der Waals surface area contributed by atoms with E-state index in [0.717, 1.165) is 11.3 Å². The highest BCUT2D eigenvalue weighted by atomic mass is 32.1. The Kier molecular flexibility index (Phi) is 3.64. The van der Waals surface area contributed by atoms with Crippen LogP contribution in [0.4, 0.5) is 9.93 Å². The number of carbonyl (C=O) groups excluding carboxylic acids is 1. The summed E-state index contributed by atoms with van der Waals surface area (Å²) in [5.74, 6) is 1.44. The maximum absolute atomic E-state index is 11.6. The van der Waals surface area contributed by atoms with Crippen molar-refractivity contribution in [2.45, 2.75) is 6.54 Å². The normalized spacial score (nSPS) is 12.8. The summed E-state index contributed by atoms with van der Waals surface area (Å²) in [6.45, 7) is 1.50. The van der Waals surface area contributed by atoms with Gasteiger partial charge in [-0.05, 0) is 17.7 Å². The number of ether oxygens (including phenoxy) is 2. The molecule has 0 unspecified atom stereocenters. The van der Waals surface area contributed by atoms with E-state index >= 15 is 0 Å². The average molecular weight is 292 g/mol. The molecule has 0 saturated carbocycles. The Morgan fingerprint density at radius 1 is 1.30 bits per heavy atom. The van der Waals surface area contributed by atoms with Crippen molar-refractivity contribution in [3.63, 3.8) is 0 Å². The van der Waals surface area contributed by atoms with Crippen LogP contribution < -0.4 is 20.1 Å². The Hall–Kier alpha value is -2.35. The van der Waals surface area contributed by atoms with E-state index in [1.165, 1.54) is 11.3 Å². The van der Waals surface area contributed by atoms with Gasteiger partial charge in [0.25, 0.3) is 0 Å². The van der Waals surface area contributed by atoms with Crippen LogP contribution in [0.2, 0.25) is 0 Å². The van der Waals surface area contributed by atoms with Crippen molar-refractivity contribution in [2.75, 3.05) is 18.5 Å². The molecule has 20 heavy (non-hydrogen) atoms. The molecule has 1 aliphatic heterocycles. The summed E-state index contributed by atoms with van der Waals surface area (Å²) in [6.07, 6.45) is 0. The van der Waals surface area contributed by atoms with E-state index in [-0.39, 0.29) is 6.03 Å². The first-order chi connectivity index (χ1) is 9.81. The molecule has 8 heteroatoms. The first kappa shape index (κ1) is 12.7. The second-order valence-electron chi connectivity index (χ2n) is 4.03. The van der Waals surface area contributed by atoms with E-state index in [1.54, 1.807) is 5.51 Å². The number of hydrogen-bond acceptors (Lipinski definition) is 6. The number of aromatic nitrogens is 2. The fourth-order valence-corrected chi connectivity index (χ4v) is 2.19. The molecular formula is C12H12N4O3S. The van der Waals surface area contributed by atoms with Crippen LogP contribution in [0.15, 0.2) is 23.7 Å². The standard InChI is InChI=1S/C12H12N4O3S/c17-11(15-12-16-14-7-20-12)13-6-8-1-2-9-10(5-8)19-4-3-18-9/h1-2,5,7H,3-4,6H2,(H2,13,15,16,17). The molecule has 1 aromatic heterocycles. The van der Waals surface area contributed by atoms with Crippen molar-refractivity contribution in [2.24, 2.45) is 0 Å². The summed E-state index contributed by atoms with van der Waals surface area (Å²) in [7, 11) is 0. The van der Waals surface area contributed by atoms with Gasteiger partial charge >= 0.3 is 6.03 Å². The predicted molar refractivity (Wildman–Crippen MR) is 73.2 cm³/mol. The number of fused-ring (bicyclic) bond motifs is 1. The van der Waals surface area contributed by atoms with Gasteiger partial charge in [-0.25, -0.2) is 4.79 Å². The van der Waals surface area contributed by atoms with Crippen LogP contribution in [0.25, 0.3) is 0 Å². The van der Waals surface area contributed by atoms with Gasteiger partial charge in [-0.2, -0.15) is 0 Å². The molecule has 1 aromatic carbocycles. The third-order valence-corrected chi connectivity index (χ3v) is 3.25. The number of hydrogen-bond donors (Lipinski definition) is 2. The van der Waals surface area contributed by atoms with E-state index in [9.17, 15) is 4.79 Å². The van der Waals surface area contributed by atoms with Gasteiger partial charge in [0.2, 0.25) is 5.13 Å². The summed E-state index contributed by atoms with van der Waals surface area (Å²) in [5, 5.41) is 13.2. The number of nitrogens with one attached hydrogen (secondary N) is 2. The molecule has 0 fully saturated rings. The Morgan fingerprint density at radius 3 is 2.95 bits per heavy atom. The Balaban J connectivity index is 1.56. The summed E-state index contributed by atoms with van der Waals surface area (Å²) in [6, 6.07) is 5.27. The first-order valence-corrected chi connectivity index (χ1v) is 6.89. The second kappa shape index (κ2) is 5.74. The predicted octanol–water partition coefficient (Wildman–Crippen LogP) is 1.63. The number of amides is 2. The highest BCUT2D eigenvalue weighted by Crippen LogP contribution is 2.30. The van der Waals surface area contributed by atoms with Gasteiger partial charge in [0.1, 0.15) is 18.7 Å². The van der Waals surface area contributed by atoms with Gasteiger partial charge in [0.15, 0.2) is 11.5 Å². The largest absolute Gasteiger partial charge is 0.486 e. The van der Waals surface area contributed by atoms with Crippen molar-refractivity contribution >= 4 is 22.5 Å². The molecule has 1 aliphatic rings. The lowest BCUT2D eigenvalue weighted by atomic mass is 10.2. The van der Waals surface area contributed by atoms with Gasteiger partial charge in [-0.15, -0.1) is 10.2 Å². The smallest absolute Gasteiger partial charge is 0.321 e. The van der Waals surface area contributed by atoms with Crippen LogP contribution in [0.5, 0.6) is 11.5 Å². The zero-order valence-corrected chi connectivity index (χ0v) is 11.3. The third-order valence-electron chi connectivity index (χ3n) is 2.64. The number of nitrogens with zero attached hydrogens (tertiary/aromatic N) is 2. The lowest BCUT2D eigenvalue weighted by molar-refractivity contribution is 0.171. The fraction of sp³-hybridized carbons (Fsp3) is 0.250. The zero-order valence-electron chi connectivity index (χ0n) is 10.5. The maximum atomic E-state index is 11.6. The third kappa shape index (κ3) is 2.97. The summed E-state index contributed by atoms with van der Waals surface area (Å²) in [5.41, 5.74) is 2.48. The lowest BCUT2D eigenvalue weighted by Gasteiger charge is -2.18. The van der Waals surface area contributed by atoms with E-state index in [2.05, 4.69) is 20.8 Å².